The first-order valence-electron chi connectivity index (χ1n) is 5.35. The Kier molecular flexibility index (Phi) is 3.34. The topological polar surface area (TPSA) is 99.8 Å². The fourth-order valence-electron chi connectivity index (χ4n) is 1.53. The molecule has 2 aromatic rings. The van der Waals surface area contributed by atoms with Crippen molar-refractivity contribution in [3.05, 3.63) is 35.4 Å². The van der Waals surface area contributed by atoms with Gasteiger partial charge in [0.2, 0.25) is 0 Å². The highest BCUT2D eigenvalue weighted by Crippen LogP contribution is 2.18. The molecule has 0 spiro atoms. The van der Waals surface area contributed by atoms with Crippen LogP contribution >= 0.6 is 0 Å². The van der Waals surface area contributed by atoms with Crippen molar-refractivity contribution in [3.8, 4) is 11.8 Å². The van der Waals surface area contributed by atoms with Crippen molar-refractivity contribution >= 4 is 11.6 Å². The fourth-order valence-corrected chi connectivity index (χ4v) is 1.53. The maximum absolute atomic E-state index is 8.91. The average Bonchev–Trinajstić information content (AvgIpc) is 2.77. The minimum absolute atomic E-state index is 0.273. The van der Waals surface area contributed by atoms with Gasteiger partial charge in [0, 0.05) is 6.54 Å². The summed E-state index contributed by atoms with van der Waals surface area (Å²) in [7, 11) is 1.62. The van der Waals surface area contributed by atoms with Crippen LogP contribution in [0.5, 0.6) is 5.75 Å². The number of anilines is 2. The predicted octanol–water partition coefficient (Wildman–Crippen LogP) is 1.48. The number of aromatic nitrogens is 2. The molecule has 1 aromatic carbocycles. The van der Waals surface area contributed by atoms with Gasteiger partial charge in [0.05, 0.1) is 7.11 Å². The van der Waals surface area contributed by atoms with Crippen LogP contribution in [-0.4, -0.2) is 17.3 Å². The monoisotopic (exact) mass is 243 g/mol. The minimum atomic E-state index is 0.273. The molecule has 0 aliphatic carbocycles. The number of nitriles is 1. The number of nitrogens with one attached hydrogen (secondary N) is 2. The van der Waals surface area contributed by atoms with Crippen molar-refractivity contribution < 1.29 is 4.74 Å². The second-order valence-corrected chi connectivity index (χ2v) is 3.67. The third-order valence-electron chi connectivity index (χ3n) is 2.53. The fraction of sp³-hybridized carbons (Fsp3) is 0.167. The van der Waals surface area contributed by atoms with Crippen LogP contribution in [0.25, 0.3) is 0 Å². The first-order chi connectivity index (χ1) is 8.74. The summed E-state index contributed by atoms with van der Waals surface area (Å²) in [5.74, 6) is 1.54. The molecule has 0 aliphatic rings. The number of nitrogens with two attached hydrogens (primary N) is 1. The van der Waals surface area contributed by atoms with E-state index in [2.05, 4.69) is 15.5 Å². The van der Waals surface area contributed by atoms with Crippen LogP contribution in [-0.2, 0) is 6.54 Å². The van der Waals surface area contributed by atoms with E-state index in [0.717, 1.165) is 11.3 Å². The lowest BCUT2D eigenvalue weighted by atomic mass is 10.2. The van der Waals surface area contributed by atoms with Crippen molar-refractivity contribution in [2.24, 2.45) is 0 Å². The molecule has 6 nitrogen and oxygen atoms in total. The summed E-state index contributed by atoms with van der Waals surface area (Å²) in [6, 6.07) is 9.63. The standard InChI is InChI=1S/C12H13N5O/c1-18-9-4-2-8(3-5-9)7-15-12-10(6-13)11(14)16-17-12/h2-5H,7H2,1H3,(H4,14,15,16,17). The average molecular weight is 243 g/mol. The minimum Gasteiger partial charge on any atom is -0.497 e. The van der Waals surface area contributed by atoms with E-state index in [0.29, 0.717) is 17.9 Å². The molecular weight excluding hydrogens is 230 g/mol. The molecule has 0 radical (unpaired) electrons. The number of nitrogens with zero attached hydrogens (tertiary/aromatic N) is 2. The van der Waals surface area contributed by atoms with E-state index in [1.165, 1.54) is 0 Å². The van der Waals surface area contributed by atoms with Gasteiger partial charge >= 0.3 is 0 Å². The number of ether oxygens (including phenoxy) is 1. The maximum atomic E-state index is 8.91. The van der Waals surface area contributed by atoms with E-state index in [4.69, 9.17) is 15.7 Å². The molecule has 2 rings (SSSR count). The van der Waals surface area contributed by atoms with Crippen molar-refractivity contribution in [1.29, 1.82) is 5.26 Å². The molecule has 0 bridgehead atoms. The molecule has 0 saturated carbocycles. The SMILES string of the molecule is COc1ccc(CNc2n[nH]c(N)c2C#N)cc1. The second-order valence-electron chi connectivity index (χ2n) is 3.67. The van der Waals surface area contributed by atoms with Gasteiger partial charge in [-0.15, -0.1) is 0 Å². The highest BCUT2D eigenvalue weighted by molar-refractivity contribution is 5.62. The van der Waals surface area contributed by atoms with Gasteiger partial charge in [0.25, 0.3) is 0 Å². The molecule has 92 valence electrons. The van der Waals surface area contributed by atoms with E-state index in [1.807, 2.05) is 30.3 Å². The Morgan fingerprint density at radius 2 is 2.17 bits per heavy atom. The van der Waals surface area contributed by atoms with Crippen molar-refractivity contribution in [2.75, 3.05) is 18.2 Å². The van der Waals surface area contributed by atoms with Crippen molar-refractivity contribution in [1.82, 2.24) is 10.2 Å². The van der Waals surface area contributed by atoms with Gasteiger partial charge < -0.3 is 15.8 Å². The summed E-state index contributed by atoms with van der Waals surface area (Å²) in [6.07, 6.45) is 0. The zero-order chi connectivity index (χ0) is 13.0. The molecule has 0 atom stereocenters. The highest BCUT2D eigenvalue weighted by Gasteiger charge is 2.09. The third kappa shape index (κ3) is 2.35. The van der Waals surface area contributed by atoms with E-state index in [9.17, 15) is 0 Å². The Hall–Kier alpha value is -2.68. The van der Waals surface area contributed by atoms with Crippen LogP contribution in [0.4, 0.5) is 11.6 Å². The molecule has 1 heterocycles. The van der Waals surface area contributed by atoms with Gasteiger partial charge in [0.1, 0.15) is 23.2 Å². The Labute approximate surface area is 104 Å². The molecule has 0 amide bonds. The number of methoxy groups -OCH3 is 1. The largest absolute Gasteiger partial charge is 0.497 e. The first kappa shape index (κ1) is 11.8. The van der Waals surface area contributed by atoms with Crippen LogP contribution in [0.3, 0.4) is 0 Å². The first-order valence-corrected chi connectivity index (χ1v) is 5.35. The van der Waals surface area contributed by atoms with Crippen molar-refractivity contribution in [3.63, 3.8) is 0 Å². The van der Waals surface area contributed by atoms with Crippen LogP contribution in [0.2, 0.25) is 0 Å². The van der Waals surface area contributed by atoms with E-state index in [1.54, 1.807) is 7.11 Å². The number of aromatic amines is 1. The molecule has 0 aliphatic heterocycles. The zero-order valence-electron chi connectivity index (χ0n) is 9.90. The second kappa shape index (κ2) is 5.10. The lowest BCUT2D eigenvalue weighted by molar-refractivity contribution is 0.414. The van der Waals surface area contributed by atoms with E-state index in [-0.39, 0.29) is 5.82 Å². The van der Waals surface area contributed by atoms with Crippen LogP contribution < -0.4 is 15.8 Å². The number of H-pyrrole nitrogens is 1. The van der Waals surface area contributed by atoms with Gasteiger partial charge in [-0.25, -0.2) is 0 Å². The summed E-state index contributed by atoms with van der Waals surface area (Å²) in [4.78, 5) is 0. The molecule has 0 saturated heterocycles. The summed E-state index contributed by atoms with van der Waals surface area (Å²) < 4.78 is 5.07. The quantitative estimate of drug-likeness (QED) is 0.755. The molecule has 1 aromatic heterocycles. The lowest BCUT2D eigenvalue weighted by Crippen LogP contribution is -2.01. The Bertz CT molecular complexity index is 567. The number of nitrogen functional groups attached to an aromatic ring is 1. The van der Waals surface area contributed by atoms with Crippen LogP contribution in [0.15, 0.2) is 24.3 Å². The number of benzene rings is 1. The van der Waals surface area contributed by atoms with Crippen molar-refractivity contribution in [2.45, 2.75) is 6.54 Å². The van der Waals surface area contributed by atoms with Gasteiger partial charge in [0.15, 0.2) is 5.82 Å². The number of hydrogen-bond donors (Lipinski definition) is 3. The Morgan fingerprint density at radius 1 is 1.44 bits per heavy atom. The highest BCUT2D eigenvalue weighted by atomic mass is 16.5. The lowest BCUT2D eigenvalue weighted by Gasteiger charge is -2.05. The third-order valence-corrected chi connectivity index (χ3v) is 2.53. The maximum Gasteiger partial charge on any atom is 0.168 e. The van der Waals surface area contributed by atoms with E-state index >= 15 is 0 Å². The summed E-state index contributed by atoms with van der Waals surface area (Å²) >= 11 is 0. The van der Waals surface area contributed by atoms with Gasteiger partial charge in [-0.2, -0.15) is 10.4 Å². The molecule has 0 unspecified atom stereocenters. The van der Waals surface area contributed by atoms with Gasteiger partial charge in [-0.3, -0.25) is 5.10 Å². The van der Waals surface area contributed by atoms with Gasteiger partial charge in [-0.1, -0.05) is 12.1 Å². The summed E-state index contributed by atoms with van der Waals surface area (Å²) in [5, 5.41) is 18.5. The summed E-state index contributed by atoms with van der Waals surface area (Å²) in [6.45, 7) is 0.558. The molecular formula is C12H13N5O. The Balaban J connectivity index is 2.04. The summed E-state index contributed by atoms with van der Waals surface area (Å²) in [5.41, 5.74) is 6.95. The van der Waals surface area contributed by atoms with Crippen LogP contribution in [0.1, 0.15) is 11.1 Å². The smallest absolute Gasteiger partial charge is 0.168 e. The Morgan fingerprint density at radius 3 is 2.78 bits per heavy atom. The number of rotatable bonds is 4. The molecule has 0 fully saturated rings. The van der Waals surface area contributed by atoms with E-state index < -0.39 is 0 Å². The zero-order valence-corrected chi connectivity index (χ0v) is 9.90. The van der Waals surface area contributed by atoms with Crippen LogP contribution in [0, 0.1) is 11.3 Å². The molecule has 18 heavy (non-hydrogen) atoms. The molecule has 6 heteroatoms. The number of hydrogen-bond acceptors (Lipinski definition) is 5. The normalized spacial score (nSPS) is 9.78. The predicted molar refractivity (Wildman–Crippen MR) is 68.0 cm³/mol. The molecule has 4 N–H and O–H groups in total. The van der Waals surface area contributed by atoms with Gasteiger partial charge in [-0.05, 0) is 17.7 Å².